The molecule has 0 spiro atoms. The van der Waals surface area contributed by atoms with Gasteiger partial charge in [0.15, 0.2) is 5.13 Å². The van der Waals surface area contributed by atoms with Crippen molar-refractivity contribution in [2.45, 2.75) is 38.8 Å². The second-order valence-electron chi connectivity index (χ2n) is 6.35. The van der Waals surface area contributed by atoms with Crippen LogP contribution < -0.4 is 16.4 Å². The Balaban J connectivity index is 1.79. The van der Waals surface area contributed by atoms with E-state index in [1.807, 2.05) is 4.90 Å². The summed E-state index contributed by atoms with van der Waals surface area (Å²) in [5, 5.41) is 0.823. The van der Waals surface area contributed by atoms with Gasteiger partial charge in [0.05, 0.1) is 0 Å². The SMILES string of the molecule is CC1CC(C)N(C(=O)c2sc(N3CCC(N)C3)nc2N)C1. The average molecular weight is 309 g/mol. The highest BCUT2D eigenvalue weighted by molar-refractivity contribution is 7.18. The molecule has 0 aromatic carbocycles. The summed E-state index contributed by atoms with van der Waals surface area (Å²) in [7, 11) is 0. The van der Waals surface area contributed by atoms with Crippen molar-refractivity contribution in [3.63, 3.8) is 0 Å². The quantitative estimate of drug-likeness (QED) is 0.855. The fourth-order valence-corrected chi connectivity index (χ4v) is 4.26. The molecule has 0 aliphatic carbocycles. The molecule has 3 atom stereocenters. The van der Waals surface area contributed by atoms with Crippen molar-refractivity contribution in [1.82, 2.24) is 9.88 Å². The molecule has 3 heterocycles. The van der Waals surface area contributed by atoms with E-state index in [1.165, 1.54) is 11.3 Å². The summed E-state index contributed by atoms with van der Waals surface area (Å²) < 4.78 is 0. The maximum Gasteiger partial charge on any atom is 0.268 e. The molecule has 0 radical (unpaired) electrons. The van der Waals surface area contributed by atoms with Crippen LogP contribution in [0.25, 0.3) is 0 Å². The molecule has 6 nitrogen and oxygen atoms in total. The van der Waals surface area contributed by atoms with Gasteiger partial charge >= 0.3 is 0 Å². The van der Waals surface area contributed by atoms with E-state index in [1.54, 1.807) is 0 Å². The van der Waals surface area contributed by atoms with Crippen LogP contribution in [0.3, 0.4) is 0 Å². The van der Waals surface area contributed by atoms with Crippen LogP contribution in [0.5, 0.6) is 0 Å². The van der Waals surface area contributed by atoms with Crippen molar-refractivity contribution >= 4 is 28.2 Å². The topological polar surface area (TPSA) is 88.5 Å². The number of aromatic nitrogens is 1. The minimum Gasteiger partial charge on any atom is -0.382 e. The van der Waals surface area contributed by atoms with E-state index in [2.05, 4.69) is 23.7 Å². The number of nitrogens with zero attached hydrogens (tertiary/aromatic N) is 3. The summed E-state index contributed by atoms with van der Waals surface area (Å²) in [6.45, 7) is 6.76. The minimum absolute atomic E-state index is 0.0246. The molecule has 0 saturated carbocycles. The van der Waals surface area contributed by atoms with Gasteiger partial charge in [0, 0.05) is 31.7 Å². The predicted molar refractivity (Wildman–Crippen MR) is 85.6 cm³/mol. The highest BCUT2D eigenvalue weighted by Gasteiger charge is 2.33. The molecule has 1 aromatic rings. The second kappa shape index (κ2) is 5.46. The number of thiazole rings is 1. The Hall–Kier alpha value is -1.34. The van der Waals surface area contributed by atoms with Gasteiger partial charge in [-0.2, -0.15) is 0 Å². The number of amides is 1. The van der Waals surface area contributed by atoms with Crippen molar-refractivity contribution in [2.24, 2.45) is 11.7 Å². The van der Waals surface area contributed by atoms with Crippen LogP contribution in [0, 0.1) is 5.92 Å². The third-order valence-corrected chi connectivity index (χ3v) is 5.50. The van der Waals surface area contributed by atoms with Gasteiger partial charge in [-0.05, 0) is 25.7 Å². The molecule has 2 aliphatic heterocycles. The molecule has 0 bridgehead atoms. The van der Waals surface area contributed by atoms with Gasteiger partial charge in [-0.25, -0.2) is 4.98 Å². The molecule has 2 aliphatic rings. The monoisotopic (exact) mass is 309 g/mol. The van der Waals surface area contributed by atoms with Crippen molar-refractivity contribution in [3.05, 3.63) is 4.88 Å². The van der Waals surface area contributed by atoms with E-state index in [0.29, 0.717) is 16.6 Å². The lowest BCUT2D eigenvalue weighted by molar-refractivity contribution is 0.0749. The Morgan fingerprint density at radius 2 is 2.14 bits per heavy atom. The molecule has 1 aromatic heterocycles. The largest absolute Gasteiger partial charge is 0.382 e. The normalized spacial score (nSPS) is 29.4. The number of hydrogen-bond donors (Lipinski definition) is 2. The maximum absolute atomic E-state index is 12.7. The first-order chi connectivity index (χ1) is 9.95. The van der Waals surface area contributed by atoms with Gasteiger partial charge < -0.3 is 21.3 Å². The summed E-state index contributed by atoms with van der Waals surface area (Å²) in [6.07, 6.45) is 2.02. The Bertz CT molecular complexity index is 545. The van der Waals surface area contributed by atoms with Crippen molar-refractivity contribution in [3.8, 4) is 0 Å². The zero-order valence-corrected chi connectivity index (χ0v) is 13.4. The first-order valence-corrected chi connectivity index (χ1v) is 8.35. The number of carbonyl (C=O) groups excluding carboxylic acids is 1. The van der Waals surface area contributed by atoms with Gasteiger partial charge in [-0.3, -0.25) is 4.79 Å². The Morgan fingerprint density at radius 1 is 1.38 bits per heavy atom. The zero-order chi connectivity index (χ0) is 15.1. The van der Waals surface area contributed by atoms with Crippen molar-refractivity contribution in [1.29, 1.82) is 0 Å². The zero-order valence-electron chi connectivity index (χ0n) is 12.6. The van der Waals surface area contributed by atoms with E-state index in [-0.39, 0.29) is 18.0 Å². The first-order valence-electron chi connectivity index (χ1n) is 7.53. The molecular weight excluding hydrogens is 286 g/mol. The van der Waals surface area contributed by atoms with Crippen LogP contribution in [-0.4, -0.2) is 47.5 Å². The Morgan fingerprint density at radius 3 is 2.71 bits per heavy atom. The smallest absolute Gasteiger partial charge is 0.268 e. The highest BCUT2D eigenvalue weighted by Crippen LogP contribution is 2.33. The predicted octanol–water partition coefficient (Wildman–Crippen LogP) is 1.13. The maximum atomic E-state index is 12.7. The number of nitrogens with two attached hydrogens (primary N) is 2. The van der Waals surface area contributed by atoms with Crippen LogP contribution in [0.1, 0.15) is 36.4 Å². The van der Waals surface area contributed by atoms with Gasteiger partial charge in [0.25, 0.3) is 5.91 Å². The minimum atomic E-state index is 0.0246. The fraction of sp³-hybridized carbons (Fsp3) is 0.714. The van der Waals surface area contributed by atoms with Gasteiger partial charge in [-0.1, -0.05) is 18.3 Å². The van der Waals surface area contributed by atoms with Crippen LogP contribution in [0.4, 0.5) is 10.9 Å². The lowest BCUT2D eigenvalue weighted by atomic mass is 10.1. The van der Waals surface area contributed by atoms with E-state index in [9.17, 15) is 4.79 Å². The van der Waals surface area contributed by atoms with E-state index in [0.717, 1.165) is 37.6 Å². The third-order valence-electron chi connectivity index (χ3n) is 4.38. The van der Waals surface area contributed by atoms with Gasteiger partial charge in [0.2, 0.25) is 0 Å². The van der Waals surface area contributed by atoms with Crippen LogP contribution in [0.15, 0.2) is 0 Å². The van der Waals surface area contributed by atoms with E-state index < -0.39 is 0 Å². The highest BCUT2D eigenvalue weighted by atomic mass is 32.1. The summed E-state index contributed by atoms with van der Waals surface area (Å²) in [5.74, 6) is 0.929. The third kappa shape index (κ3) is 2.72. The first kappa shape index (κ1) is 14.6. The molecule has 116 valence electrons. The molecule has 2 fully saturated rings. The summed E-state index contributed by atoms with van der Waals surface area (Å²) in [6, 6.07) is 0.464. The Kier molecular flexibility index (Phi) is 3.79. The van der Waals surface area contributed by atoms with E-state index in [4.69, 9.17) is 11.5 Å². The molecule has 2 saturated heterocycles. The fourth-order valence-electron chi connectivity index (χ4n) is 3.28. The van der Waals surface area contributed by atoms with E-state index >= 15 is 0 Å². The molecule has 1 amide bonds. The molecule has 4 N–H and O–H groups in total. The number of nitrogen functional groups attached to an aromatic ring is 1. The number of carbonyl (C=O) groups is 1. The van der Waals surface area contributed by atoms with Crippen LogP contribution in [0.2, 0.25) is 0 Å². The van der Waals surface area contributed by atoms with Crippen molar-refractivity contribution in [2.75, 3.05) is 30.3 Å². The summed E-state index contributed by atoms with van der Waals surface area (Å²) in [4.78, 5) is 21.7. The standard InChI is InChI=1S/C14H23N5OS/c1-8-5-9(2)19(6-8)13(20)11-12(16)17-14(21-11)18-4-3-10(15)7-18/h8-10H,3-7,15-16H2,1-2H3. The van der Waals surface area contributed by atoms with Crippen LogP contribution in [-0.2, 0) is 0 Å². The molecule has 3 rings (SSSR count). The number of hydrogen-bond acceptors (Lipinski definition) is 6. The van der Waals surface area contributed by atoms with Gasteiger partial charge in [0.1, 0.15) is 10.7 Å². The average Bonchev–Trinajstić information content (AvgIpc) is 3.08. The van der Waals surface area contributed by atoms with Crippen LogP contribution >= 0.6 is 11.3 Å². The number of likely N-dealkylation sites (tertiary alicyclic amines) is 1. The Labute approximate surface area is 129 Å². The summed E-state index contributed by atoms with van der Waals surface area (Å²) in [5.41, 5.74) is 11.9. The number of rotatable bonds is 2. The lowest BCUT2D eigenvalue weighted by Crippen LogP contribution is -2.33. The molecule has 7 heteroatoms. The number of anilines is 2. The molecule has 3 unspecified atom stereocenters. The molecular formula is C14H23N5OS. The lowest BCUT2D eigenvalue weighted by Gasteiger charge is -2.20. The summed E-state index contributed by atoms with van der Waals surface area (Å²) >= 11 is 1.40. The second-order valence-corrected chi connectivity index (χ2v) is 7.33. The van der Waals surface area contributed by atoms with Crippen molar-refractivity contribution < 1.29 is 4.79 Å². The van der Waals surface area contributed by atoms with Gasteiger partial charge in [-0.15, -0.1) is 0 Å². The molecule has 21 heavy (non-hydrogen) atoms.